The number of benzene rings is 1. The molecule has 1 fully saturated rings. The summed E-state index contributed by atoms with van der Waals surface area (Å²) in [5.74, 6) is 0.725. The van der Waals surface area contributed by atoms with Crippen molar-refractivity contribution >= 4 is 39.8 Å². The zero-order chi connectivity index (χ0) is 18.8. The number of ether oxygens (including phenoxy) is 1. The fourth-order valence-electron chi connectivity index (χ4n) is 2.73. The van der Waals surface area contributed by atoms with Crippen LogP contribution in [0.15, 0.2) is 29.3 Å². The maximum absolute atomic E-state index is 11.3. The normalized spacial score (nSPS) is 15.9. The molecule has 9 heteroatoms. The lowest BCUT2D eigenvalue weighted by Gasteiger charge is -2.27. The highest BCUT2D eigenvalue weighted by Gasteiger charge is 2.12. The van der Waals surface area contributed by atoms with Crippen molar-refractivity contribution in [1.29, 1.82) is 0 Å². The third kappa shape index (κ3) is 9.72. The molecule has 2 rings (SSSR count). The number of rotatable bonds is 8. The number of halogens is 1. The standard InChI is InChI=1S/C18H30N4O3S.HI/c1-3-19-18(20-8-13-26(2,23)24)21-14-16-6-4-5-7-17(16)15-22-9-11-25-12-10-22;/h4-7H,3,8-15H2,1-2H3,(H2,19,20,21);1H. The molecule has 1 aromatic carbocycles. The first-order valence-electron chi connectivity index (χ1n) is 9.04. The van der Waals surface area contributed by atoms with Crippen molar-refractivity contribution in [3.8, 4) is 0 Å². The van der Waals surface area contributed by atoms with Crippen LogP contribution in [0, 0.1) is 0 Å². The minimum atomic E-state index is -2.99. The molecule has 0 bridgehead atoms. The fraction of sp³-hybridized carbons (Fsp3) is 0.611. The highest BCUT2D eigenvalue weighted by Crippen LogP contribution is 2.14. The molecule has 0 saturated carbocycles. The van der Waals surface area contributed by atoms with Gasteiger partial charge in [-0.05, 0) is 18.1 Å². The lowest BCUT2D eigenvalue weighted by Crippen LogP contribution is -2.39. The number of nitrogens with zero attached hydrogens (tertiary/aromatic N) is 2. The number of guanidine groups is 1. The van der Waals surface area contributed by atoms with Crippen LogP contribution in [-0.4, -0.2) is 70.7 Å². The highest BCUT2D eigenvalue weighted by molar-refractivity contribution is 14.0. The third-order valence-electron chi connectivity index (χ3n) is 4.13. The predicted molar refractivity (Wildman–Crippen MR) is 120 cm³/mol. The summed E-state index contributed by atoms with van der Waals surface area (Å²) in [6, 6.07) is 8.32. The number of aliphatic imine (C=N–C) groups is 1. The fourth-order valence-corrected chi connectivity index (χ4v) is 3.20. The van der Waals surface area contributed by atoms with Crippen molar-refractivity contribution in [1.82, 2.24) is 15.5 Å². The molecule has 1 aliphatic rings. The molecule has 0 atom stereocenters. The summed E-state index contributed by atoms with van der Waals surface area (Å²) in [4.78, 5) is 7.00. The number of morpholine rings is 1. The van der Waals surface area contributed by atoms with Gasteiger partial charge in [0.25, 0.3) is 0 Å². The van der Waals surface area contributed by atoms with Crippen LogP contribution in [0.25, 0.3) is 0 Å². The van der Waals surface area contributed by atoms with Gasteiger partial charge in [-0.15, -0.1) is 24.0 Å². The molecular formula is C18H31IN4O3S. The van der Waals surface area contributed by atoms with Crippen molar-refractivity contribution in [2.75, 3.05) is 51.4 Å². The van der Waals surface area contributed by atoms with Crippen molar-refractivity contribution < 1.29 is 13.2 Å². The Kier molecular flexibility index (Phi) is 11.2. The molecule has 0 unspecified atom stereocenters. The second-order valence-electron chi connectivity index (χ2n) is 6.41. The first-order valence-corrected chi connectivity index (χ1v) is 11.1. The van der Waals surface area contributed by atoms with Crippen LogP contribution in [0.2, 0.25) is 0 Å². The van der Waals surface area contributed by atoms with E-state index in [2.05, 4.69) is 38.7 Å². The molecule has 7 nitrogen and oxygen atoms in total. The number of hydrogen-bond donors (Lipinski definition) is 2. The van der Waals surface area contributed by atoms with E-state index in [1.54, 1.807) is 0 Å². The summed E-state index contributed by atoms with van der Waals surface area (Å²) in [5.41, 5.74) is 2.45. The lowest BCUT2D eigenvalue weighted by molar-refractivity contribution is 0.0341. The first-order chi connectivity index (χ1) is 12.5. The van der Waals surface area contributed by atoms with E-state index in [4.69, 9.17) is 4.74 Å². The van der Waals surface area contributed by atoms with Gasteiger partial charge in [0.2, 0.25) is 0 Å². The lowest BCUT2D eigenvalue weighted by atomic mass is 10.1. The molecule has 1 aliphatic heterocycles. The molecular weight excluding hydrogens is 479 g/mol. The number of hydrogen-bond acceptors (Lipinski definition) is 5. The van der Waals surface area contributed by atoms with E-state index in [1.165, 1.54) is 17.4 Å². The minimum absolute atomic E-state index is 0. The molecule has 0 aliphatic carbocycles. The Morgan fingerprint density at radius 2 is 1.85 bits per heavy atom. The molecule has 1 saturated heterocycles. The molecule has 154 valence electrons. The second kappa shape index (κ2) is 12.5. The smallest absolute Gasteiger partial charge is 0.191 e. The molecule has 2 N–H and O–H groups in total. The molecule has 0 aromatic heterocycles. The van der Waals surface area contributed by atoms with Gasteiger partial charge in [-0.2, -0.15) is 0 Å². The SMILES string of the molecule is CCNC(=NCc1ccccc1CN1CCOCC1)NCCS(C)(=O)=O.I. The van der Waals surface area contributed by atoms with E-state index in [0.717, 1.165) is 39.4 Å². The Morgan fingerprint density at radius 3 is 2.48 bits per heavy atom. The van der Waals surface area contributed by atoms with Crippen LogP contribution >= 0.6 is 24.0 Å². The third-order valence-corrected chi connectivity index (χ3v) is 5.08. The van der Waals surface area contributed by atoms with E-state index < -0.39 is 9.84 Å². The van der Waals surface area contributed by atoms with Crippen LogP contribution < -0.4 is 10.6 Å². The monoisotopic (exact) mass is 510 g/mol. The van der Waals surface area contributed by atoms with Gasteiger partial charge in [0, 0.05) is 39.0 Å². The summed E-state index contributed by atoms with van der Waals surface area (Å²) >= 11 is 0. The van der Waals surface area contributed by atoms with Crippen LogP contribution in [0.3, 0.4) is 0 Å². The molecule has 0 amide bonds. The largest absolute Gasteiger partial charge is 0.379 e. The number of sulfone groups is 1. The van der Waals surface area contributed by atoms with Crippen molar-refractivity contribution in [3.63, 3.8) is 0 Å². The van der Waals surface area contributed by atoms with E-state index in [0.29, 0.717) is 19.0 Å². The maximum atomic E-state index is 11.3. The van der Waals surface area contributed by atoms with Gasteiger partial charge in [-0.1, -0.05) is 24.3 Å². The highest BCUT2D eigenvalue weighted by atomic mass is 127. The van der Waals surface area contributed by atoms with Crippen LogP contribution in [0.4, 0.5) is 0 Å². The first kappa shape index (κ1) is 24.1. The van der Waals surface area contributed by atoms with Gasteiger partial charge in [0.1, 0.15) is 9.84 Å². The van der Waals surface area contributed by atoms with Gasteiger partial charge >= 0.3 is 0 Å². The summed E-state index contributed by atoms with van der Waals surface area (Å²) in [6.07, 6.45) is 1.24. The average molecular weight is 510 g/mol. The molecule has 0 radical (unpaired) electrons. The number of nitrogens with one attached hydrogen (secondary N) is 2. The van der Waals surface area contributed by atoms with E-state index in [9.17, 15) is 8.42 Å². The summed E-state index contributed by atoms with van der Waals surface area (Å²) in [5, 5.41) is 6.24. The van der Waals surface area contributed by atoms with Crippen LogP contribution in [-0.2, 0) is 27.7 Å². The van der Waals surface area contributed by atoms with Crippen molar-refractivity contribution in [2.45, 2.75) is 20.0 Å². The quantitative estimate of drug-likeness (QED) is 0.311. The Balaban J connectivity index is 0.00000364. The predicted octanol–water partition coefficient (Wildman–Crippen LogP) is 1.24. The molecule has 1 heterocycles. The Bertz CT molecular complexity index is 692. The van der Waals surface area contributed by atoms with Gasteiger partial charge in [-0.25, -0.2) is 13.4 Å². The zero-order valence-corrected chi connectivity index (χ0v) is 19.3. The Hall–Kier alpha value is -0.910. The summed E-state index contributed by atoms with van der Waals surface area (Å²) < 4.78 is 28.0. The maximum Gasteiger partial charge on any atom is 0.191 e. The average Bonchev–Trinajstić information content (AvgIpc) is 2.60. The Morgan fingerprint density at radius 1 is 1.19 bits per heavy atom. The van der Waals surface area contributed by atoms with Crippen molar-refractivity contribution in [3.05, 3.63) is 35.4 Å². The second-order valence-corrected chi connectivity index (χ2v) is 8.67. The van der Waals surface area contributed by atoms with Crippen molar-refractivity contribution in [2.24, 2.45) is 4.99 Å². The van der Waals surface area contributed by atoms with Gasteiger partial charge < -0.3 is 15.4 Å². The molecule has 0 spiro atoms. The molecule has 1 aromatic rings. The minimum Gasteiger partial charge on any atom is -0.379 e. The summed E-state index contributed by atoms with van der Waals surface area (Å²) in [7, 11) is -2.99. The van der Waals surface area contributed by atoms with E-state index >= 15 is 0 Å². The topological polar surface area (TPSA) is 83.0 Å². The molecule has 27 heavy (non-hydrogen) atoms. The van der Waals surface area contributed by atoms with Crippen LogP contribution in [0.5, 0.6) is 0 Å². The van der Waals surface area contributed by atoms with Gasteiger partial charge in [0.15, 0.2) is 5.96 Å². The van der Waals surface area contributed by atoms with Crippen LogP contribution in [0.1, 0.15) is 18.1 Å². The van der Waals surface area contributed by atoms with E-state index in [1.807, 2.05) is 13.0 Å². The summed E-state index contributed by atoms with van der Waals surface area (Å²) in [6.45, 7) is 7.98. The van der Waals surface area contributed by atoms with Gasteiger partial charge in [0.05, 0.1) is 25.5 Å². The van der Waals surface area contributed by atoms with Gasteiger partial charge in [-0.3, -0.25) is 4.90 Å². The van der Waals surface area contributed by atoms with E-state index in [-0.39, 0.29) is 29.7 Å². The Labute approximate surface area is 179 Å². The zero-order valence-electron chi connectivity index (χ0n) is 16.1.